The fraction of sp³-hybridized carbons (Fsp3) is 0.500. The molecular formula is C16H21N5O2S. The molecule has 8 heteroatoms. The molecule has 3 rings (SSSR count). The van der Waals surface area contributed by atoms with Crippen LogP contribution >= 0.6 is 11.3 Å². The SMILES string of the molecule is COCC(=O)N1CCC(c2nc(C)cc(Nc3ncc(C)s3)n2)C1. The summed E-state index contributed by atoms with van der Waals surface area (Å²) in [5, 5.41) is 4.06. The number of ether oxygens (including phenoxy) is 1. The van der Waals surface area contributed by atoms with Gasteiger partial charge in [0.1, 0.15) is 18.2 Å². The normalized spacial score (nSPS) is 17.3. The van der Waals surface area contributed by atoms with Gasteiger partial charge in [-0.25, -0.2) is 15.0 Å². The van der Waals surface area contributed by atoms with Crippen LogP contribution in [0.4, 0.5) is 10.9 Å². The highest BCUT2D eigenvalue weighted by molar-refractivity contribution is 7.15. The van der Waals surface area contributed by atoms with Gasteiger partial charge in [-0.15, -0.1) is 11.3 Å². The van der Waals surface area contributed by atoms with Crippen LogP contribution in [0.5, 0.6) is 0 Å². The van der Waals surface area contributed by atoms with Gasteiger partial charge in [-0.1, -0.05) is 0 Å². The van der Waals surface area contributed by atoms with Crippen LogP contribution in [0.2, 0.25) is 0 Å². The van der Waals surface area contributed by atoms with Gasteiger partial charge in [0.05, 0.1) is 0 Å². The molecule has 0 aromatic carbocycles. The Morgan fingerprint density at radius 3 is 3.00 bits per heavy atom. The van der Waals surface area contributed by atoms with Crippen molar-refractivity contribution in [2.45, 2.75) is 26.2 Å². The molecule has 1 atom stereocenters. The summed E-state index contributed by atoms with van der Waals surface area (Å²) in [5.41, 5.74) is 0.900. The molecule has 0 saturated carbocycles. The molecule has 0 aliphatic carbocycles. The van der Waals surface area contributed by atoms with E-state index in [1.807, 2.05) is 31.0 Å². The Balaban J connectivity index is 1.73. The molecule has 1 saturated heterocycles. The minimum Gasteiger partial charge on any atom is -0.375 e. The maximum Gasteiger partial charge on any atom is 0.248 e. The number of hydrogen-bond donors (Lipinski definition) is 1. The Kier molecular flexibility index (Phi) is 5.06. The largest absolute Gasteiger partial charge is 0.375 e. The summed E-state index contributed by atoms with van der Waals surface area (Å²) in [7, 11) is 1.54. The van der Waals surface area contributed by atoms with Crippen LogP contribution in [-0.4, -0.2) is 52.6 Å². The first kappa shape index (κ1) is 16.8. The zero-order chi connectivity index (χ0) is 17.1. The first-order valence-electron chi connectivity index (χ1n) is 7.87. The molecule has 1 aliphatic rings. The lowest BCUT2D eigenvalue weighted by Gasteiger charge is -2.16. The Labute approximate surface area is 145 Å². The number of nitrogens with zero attached hydrogens (tertiary/aromatic N) is 4. The van der Waals surface area contributed by atoms with Crippen LogP contribution in [0.3, 0.4) is 0 Å². The minimum atomic E-state index is 0.0178. The maximum absolute atomic E-state index is 11.9. The van der Waals surface area contributed by atoms with E-state index in [4.69, 9.17) is 4.74 Å². The topological polar surface area (TPSA) is 80.2 Å². The molecule has 3 heterocycles. The number of anilines is 2. The third-order valence-corrected chi connectivity index (χ3v) is 4.73. The standard InChI is InChI=1S/C16H21N5O2S/c1-10-6-13(20-16-17-7-11(2)24-16)19-15(18-10)12-4-5-21(8-12)14(22)9-23-3/h6-7,12H,4-5,8-9H2,1-3H3,(H,17,18,19,20). The van der Waals surface area contributed by atoms with E-state index in [9.17, 15) is 4.79 Å². The Hall–Kier alpha value is -2.06. The van der Waals surface area contributed by atoms with Crippen molar-refractivity contribution in [1.82, 2.24) is 19.9 Å². The molecule has 128 valence electrons. The predicted octanol–water partition coefficient (Wildman–Crippen LogP) is 2.26. The first-order valence-corrected chi connectivity index (χ1v) is 8.68. The number of aromatic nitrogens is 3. The molecule has 1 N–H and O–H groups in total. The van der Waals surface area contributed by atoms with Crippen molar-refractivity contribution in [2.24, 2.45) is 0 Å². The van der Waals surface area contributed by atoms with Crippen molar-refractivity contribution in [3.05, 3.63) is 28.7 Å². The van der Waals surface area contributed by atoms with Crippen LogP contribution in [0.1, 0.15) is 28.7 Å². The molecule has 1 amide bonds. The molecule has 0 spiro atoms. The lowest BCUT2D eigenvalue weighted by Crippen LogP contribution is -2.31. The number of aryl methyl sites for hydroxylation is 2. The molecule has 1 aliphatic heterocycles. The summed E-state index contributed by atoms with van der Waals surface area (Å²) >= 11 is 1.59. The van der Waals surface area contributed by atoms with Gasteiger partial charge in [0.25, 0.3) is 0 Å². The van der Waals surface area contributed by atoms with Gasteiger partial charge >= 0.3 is 0 Å². The van der Waals surface area contributed by atoms with E-state index < -0.39 is 0 Å². The lowest BCUT2D eigenvalue weighted by atomic mass is 10.1. The van der Waals surface area contributed by atoms with Gasteiger partial charge in [-0.2, -0.15) is 0 Å². The monoisotopic (exact) mass is 347 g/mol. The smallest absolute Gasteiger partial charge is 0.248 e. The number of carbonyl (C=O) groups is 1. The third kappa shape index (κ3) is 3.88. The van der Waals surface area contributed by atoms with E-state index in [0.29, 0.717) is 6.54 Å². The zero-order valence-electron chi connectivity index (χ0n) is 14.1. The molecule has 24 heavy (non-hydrogen) atoms. The highest BCUT2D eigenvalue weighted by Crippen LogP contribution is 2.27. The van der Waals surface area contributed by atoms with E-state index in [-0.39, 0.29) is 18.4 Å². The number of amides is 1. The van der Waals surface area contributed by atoms with Crippen LogP contribution in [0.25, 0.3) is 0 Å². The summed E-state index contributed by atoms with van der Waals surface area (Å²) in [5.74, 6) is 1.69. The second-order valence-corrected chi connectivity index (χ2v) is 7.15. The van der Waals surface area contributed by atoms with Crippen LogP contribution < -0.4 is 5.32 Å². The fourth-order valence-corrected chi connectivity index (χ4v) is 3.44. The predicted molar refractivity (Wildman–Crippen MR) is 92.7 cm³/mol. The second-order valence-electron chi connectivity index (χ2n) is 5.91. The summed E-state index contributed by atoms with van der Waals surface area (Å²) in [6.45, 7) is 5.45. The Morgan fingerprint density at radius 2 is 2.29 bits per heavy atom. The summed E-state index contributed by atoms with van der Waals surface area (Å²) in [6.07, 6.45) is 2.70. The highest BCUT2D eigenvalue weighted by atomic mass is 32.1. The highest BCUT2D eigenvalue weighted by Gasteiger charge is 2.29. The van der Waals surface area contributed by atoms with E-state index in [0.717, 1.165) is 40.3 Å². The zero-order valence-corrected chi connectivity index (χ0v) is 14.9. The number of thiazole rings is 1. The number of hydrogen-bond acceptors (Lipinski definition) is 7. The summed E-state index contributed by atoms with van der Waals surface area (Å²) in [4.78, 5) is 28.4. The van der Waals surface area contributed by atoms with Crippen LogP contribution in [0, 0.1) is 13.8 Å². The van der Waals surface area contributed by atoms with Gasteiger partial charge in [0.15, 0.2) is 5.13 Å². The molecule has 0 bridgehead atoms. The van der Waals surface area contributed by atoms with Crippen molar-refractivity contribution in [3.63, 3.8) is 0 Å². The lowest BCUT2D eigenvalue weighted by molar-refractivity contribution is -0.134. The van der Waals surface area contributed by atoms with E-state index in [1.165, 1.54) is 7.11 Å². The van der Waals surface area contributed by atoms with Crippen molar-refractivity contribution in [3.8, 4) is 0 Å². The maximum atomic E-state index is 11.9. The Bertz CT molecular complexity index is 733. The van der Waals surface area contributed by atoms with Gasteiger partial charge in [-0.05, 0) is 20.3 Å². The van der Waals surface area contributed by atoms with E-state index in [1.54, 1.807) is 11.3 Å². The quantitative estimate of drug-likeness (QED) is 0.893. The average Bonchev–Trinajstić information content (AvgIpc) is 3.16. The number of methoxy groups -OCH3 is 1. The van der Waals surface area contributed by atoms with Gasteiger partial charge in [0.2, 0.25) is 5.91 Å². The molecule has 0 radical (unpaired) electrons. The molecule has 1 unspecified atom stereocenters. The van der Waals surface area contributed by atoms with Gasteiger partial charge < -0.3 is 15.0 Å². The number of rotatable bonds is 5. The molecule has 2 aromatic rings. The fourth-order valence-electron chi connectivity index (χ4n) is 2.77. The first-order chi connectivity index (χ1) is 11.5. The minimum absolute atomic E-state index is 0.0178. The van der Waals surface area contributed by atoms with E-state index >= 15 is 0 Å². The van der Waals surface area contributed by atoms with Crippen molar-refractivity contribution >= 4 is 28.2 Å². The average molecular weight is 347 g/mol. The van der Waals surface area contributed by atoms with Crippen molar-refractivity contribution in [1.29, 1.82) is 0 Å². The van der Waals surface area contributed by atoms with Crippen LogP contribution in [-0.2, 0) is 9.53 Å². The number of nitrogens with one attached hydrogen (secondary N) is 1. The second kappa shape index (κ2) is 7.23. The number of carbonyl (C=O) groups excluding carboxylic acids is 1. The molecule has 2 aromatic heterocycles. The van der Waals surface area contributed by atoms with Crippen molar-refractivity contribution < 1.29 is 9.53 Å². The van der Waals surface area contributed by atoms with Crippen molar-refractivity contribution in [2.75, 3.05) is 32.1 Å². The number of likely N-dealkylation sites (tertiary alicyclic amines) is 1. The van der Waals surface area contributed by atoms with E-state index in [2.05, 4.69) is 20.3 Å². The third-order valence-electron chi connectivity index (χ3n) is 3.90. The summed E-state index contributed by atoms with van der Waals surface area (Å²) in [6, 6.07) is 1.91. The van der Waals surface area contributed by atoms with Gasteiger partial charge in [0, 0.05) is 49.0 Å². The molecule has 1 fully saturated rings. The summed E-state index contributed by atoms with van der Waals surface area (Å²) < 4.78 is 4.93. The van der Waals surface area contributed by atoms with Crippen LogP contribution in [0.15, 0.2) is 12.3 Å². The Morgan fingerprint density at radius 1 is 1.46 bits per heavy atom. The van der Waals surface area contributed by atoms with Gasteiger partial charge in [-0.3, -0.25) is 4.79 Å². The molecule has 7 nitrogen and oxygen atoms in total. The molecular weight excluding hydrogens is 326 g/mol.